The standard InChI is InChI=1S/C16H18ClN/c1-3-13-4-10-16(11-5-13)18-12(2)14-6-8-15(17)9-7-14/h4-12,18H,3H2,1-2H3. The number of rotatable bonds is 4. The lowest BCUT2D eigenvalue weighted by molar-refractivity contribution is 0.884. The van der Waals surface area contributed by atoms with Crippen LogP contribution in [0.5, 0.6) is 0 Å². The van der Waals surface area contributed by atoms with Crippen molar-refractivity contribution in [3.63, 3.8) is 0 Å². The fourth-order valence-electron chi connectivity index (χ4n) is 1.92. The molecule has 0 aliphatic carbocycles. The van der Waals surface area contributed by atoms with E-state index in [1.807, 2.05) is 12.1 Å². The zero-order valence-electron chi connectivity index (χ0n) is 10.8. The Morgan fingerprint density at radius 1 is 1.00 bits per heavy atom. The number of anilines is 1. The van der Waals surface area contributed by atoms with Gasteiger partial charge in [0.1, 0.15) is 0 Å². The van der Waals surface area contributed by atoms with Gasteiger partial charge < -0.3 is 5.32 Å². The topological polar surface area (TPSA) is 12.0 Å². The molecule has 1 atom stereocenters. The van der Waals surface area contributed by atoms with E-state index in [4.69, 9.17) is 11.6 Å². The predicted molar refractivity (Wildman–Crippen MR) is 79.3 cm³/mol. The van der Waals surface area contributed by atoms with Gasteiger partial charge >= 0.3 is 0 Å². The van der Waals surface area contributed by atoms with Crippen LogP contribution >= 0.6 is 11.6 Å². The number of nitrogens with one attached hydrogen (secondary N) is 1. The second kappa shape index (κ2) is 5.92. The van der Waals surface area contributed by atoms with E-state index in [9.17, 15) is 0 Å². The summed E-state index contributed by atoms with van der Waals surface area (Å²) in [6.07, 6.45) is 1.08. The Balaban J connectivity index is 2.05. The molecule has 0 saturated heterocycles. The molecule has 0 fully saturated rings. The van der Waals surface area contributed by atoms with Gasteiger partial charge in [0.2, 0.25) is 0 Å². The molecule has 2 heteroatoms. The molecule has 1 N–H and O–H groups in total. The van der Waals surface area contributed by atoms with Crippen molar-refractivity contribution in [1.82, 2.24) is 0 Å². The van der Waals surface area contributed by atoms with Crippen LogP contribution in [0, 0.1) is 0 Å². The molecule has 0 amide bonds. The van der Waals surface area contributed by atoms with Crippen LogP contribution in [0.4, 0.5) is 5.69 Å². The lowest BCUT2D eigenvalue weighted by Crippen LogP contribution is -2.06. The Morgan fingerprint density at radius 2 is 1.61 bits per heavy atom. The van der Waals surface area contributed by atoms with Gasteiger partial charge in [-0.2, -0.15) is 0 Å². The highest BCUT2D eigenvalue weighted by molar-refractivity contribution is 6.30. The zero-order chi connectivity index (χ0) is 13.0. The predicted octanol–water partition coefficient (Wildman–Crippen LogP) is 5.08. The van der Waals surface area contributed by atoms with Crippen molar-refractivity contribution in [2.75, 3.05) is 5.32 Å². The van der Waals surface area contributed by atoms with Crippen molar-refractivity contribution in [3.8, 4) is 0 Å². The molecular formula is C16H18ClN. The molecular weight excluding hydrogens is 242 g/mol. The van der Waals surface area contributed by atoms with Gasteiger partial charge in [-0.25, -0.2) is 0 Å². The number of aryl methyl sites for hydroxylation is 1. The van der Waals surface area contributed by atoms with E-state index in [2.05, 4.69) is 55.6 Å². The quantitative estimate of drug-likeness (QED) is 0.808. The van der Waals surface area contributed by atoms with E-state index >= 15 is 0 Å². The maximum atomic E-state index is 5.89. The van der Waals surface area contributed by atoms with Crippen LogP contribution < -0.4 is 5.32 Å². The van der Waals surface area contributed by atoms with Crippen LogP contribution in [0.25, 0.3) is 0 Å². The highest BCUT2D eigenvalue weighted by Gasteiger charge is 2.04. The first kappa shape index (κ1) is 13.0. The molecule has 1 unspecified atom stereocenters. The van der Waals surface area contributed by atoms with Crippen LogP contribution in [-0.4, -0.2) is 0 Å². The van der Waals surface area contributed by atoms with E-state index in [1.165, 1.54) is 11.1 Å². The van der Waals surface area contributed by atoms with Gasteiger partial charge in [0.25, 0.3) is 0 Å². The van der Waals surface area contributed by atoms with Crippen LogP contribution in [-0.2, 0) is 6.42 Å². The third kappa shape index (κ3) is 3.27. The zero-order valence-corrected chi connectivity index (χ0v) is 11.5. The molecule has 0 aliphatic rings. The first-order valence-electron chi connectivity index (χ1n) is 6.30. The molecule has 0 spiro atoms. The monoisotopic (exact) mass is 259 g/mol. The molecule has 0 saturated carbocycles. The van der Waals surface area contributed by atoms with Crippen molar-refractivity contribution in [1.29, 1.82) is 0 Å². The molecule has 94 valence electrons. The van der Waals surface area contributed by atoms with E-state index in [1.54, 1.807) is 0 Å². The summed E-state index contributed by atoms with van der Waals surface area (Å²) >= 11 is 5.89. The molecule has 2 rings (SSSR count). The second-order valence-electron chi connectivity index (χ2n) is 4.47. The van der Waals surface area contributed by atoms with E-state index in [0.29, 0.717) is 0 Å². The normalized spacial score (nSPS) is 12.2. The summed E-state index contributed by atoms with van der Waals surface area (Å²) in [5.74, 6) is 0. The Morgan fingerprint density at radius 3 is 2.17 bits per heavy atom. The van der Waals surface area contributed by atoms with Gasteiger partial charge in [0.15, 0.2) is 0 Å². The van der Waals surface area contributed by atoms with Crippen LogP contribution in [0.15, 0.2) is 48.5 Å². The summed E-state index contributed by atoms with van der Waals surface area (Å²) in [7, 11) is 0. The van der Waals surface area contributed by atoms with E-state index in [0.717, 1.165) is 17.1 Å². The maximum absolute atomic E-state index is 5.89. The maximum Gasteiger partial charge on any atom is 0.0485 e. The third-order valence-corrected chi connectivity index (χ3v) is 3.37. The molecule has 0 aromatic heterocycles. The Hall–Kier alpha value is -1.47. The van der Waals surface area contributed by atoms with Gasteiger partial charge in [0, 0.05) is 16.8 Å². The minimum atomic E-state index is 0.273. The Kier molecular flexibility index (Phi) is 4.27. The summed E-state index contributed by atoms with van der Waals surface area (Å²) in [5.41, 5.74) is 3.74. The fraction of sp³-hybridized carbons (Fsp3) is 0.250. The summed E-state index contributed by atoms with van der Waals surface area (Å²) in [5, 5.41) is 4.26. The molecule has 0 bridgehead atoms. The molecule has 18 heavy (non-hydrogen) atoms. The van der Waals surface area contributed by atoms with Crippen LogP contribution in [0.1, 0.15) is 31.0 Å². The highest BCUT2D eigenvalue weighted by Crippen LogP contribution is 2.21. The molecule has 2 aromatic rings. The number of hydrogen-bond donors (Lipinski definition) is 1. The Bertz CT molecular complexity index is 488. The third-order valence-electron chi connectivity index (χ3n) is 3.12. The summed E-state index contributed by atoms with van der Waals surface area (Å²) in [6.45, 7) is 4.32. The molecule has 0 radical (unpaired) electrons. The SMILES string of the molecule is CCc1ccc(NC(C)c2ccc(Cl)cc2)cc1. The largest absolute Gasteiger partial charge is 0.379 e. The first-order valence-corrected chi connectivity index (χ1v) is 6.68. The highest BCUT2D eigenvalue weighted by atomic mass is 35.5. The van der Waals surface area contributed by atoms with Crippen LogP contribution in [0.3, 0.4) is 0 Å². The van der Waals surface area contributed by atoms with Gasteiger partial charge in [-0.3, -0.25) is 0 Å². The summed E-state index contributed by atoms with van der Waals surface area (Å²) < 4.78 is 0. The van der Waals surface area contributed by atoms with Gasteiger partial charge in [-0.05, 0) is 48.7 Å². The van der Waals surface area contributed by atoms with Gasteiger partial charge in [-0.1, -0.05) is 42.8 Å². The number of benzene rings is 2. The number of halogens is 1. The average Bonchev–Trinajstić information content (AvgIpc) is 2.40. The minimum absolute atomic E-state index is 0.273. The smallest absolute Gasteiger partial charge is 0.0485 e. The van der Waals surface area contributed by atoms with Crippen molar-refractivity contribution < 1.29 is 0 Å². The van der Waals surface area contributed by atoms with E-state index < -0.39 is 0 Å². The Labute approximate surface area is 114 Å². The minimum Gasteiger partial charge on any atom is -0.379 e. The van der Waals surface area contributed by atoms with Gasteiger partial charge in [-0.15, -0.1) is 0 Å². The lowest BCUT2D eigenvalue weighted by Gasteiger charge is -2.16. The fourth-order valence-corrected chi connectivity index (χ4v) is 2.05. The van der Waals surface area contributed by atoms with Crippen molar-refractivity contribution in [3.05, 3.63) is 64.7 Å². The van der Waals surface area contributed by atoms with Crippen LogP contribution in [0.2, 0.25) is 5.02 Å². The molecule has 0 aliphatic heterocycles. The van der Waals surface area contributed by atoms with Crippen molar-refractivity contribution >= 4 is 17.3 Å². The van der Waals surface area contributed by atoms with Crippen molar-refractivity contribution in [2.24, 2.45) is 0 Å². The molecule has 0 heterocycles. The first-order chi connectivity index (χ1) is 8.69. The second-order valence-corrected chi connectivity index (χ2v) is 4.90. The number of hydrogen-bond acceptors (Lipinski definition) is 1. The average molecular weight is 260 g/mol. The van der Waals surface area contributed by atoms with E-state index in [-0.39, 0.29) is 6.04 Å². The van der Waals surface area contributed by atoms with Gasteiger partial charge in [0.05, 0.1) is 0 Å². The summed E-state index contributed by atoms with van der Waals surface area (Å²) in [6, 6.07) is 16.8. The molecule has 1 nitrogen and oxygen atoms in total. The van der Waals surface area contributed by atoms with Crippen molar-refractivity contribution in [2.45, 2.75) is 26.3 Å². The summed E-state index contributed by atoms with van der Waals surface area (Å²) in [4.78, 5) is 0. The lowest BCUT2D eigenvalue weighted by atomic mass is 10.1. The molecule has 2 aromatic carbocycles.